The van der Waals surface area contributed by atoms with Crippen LogP contribution in [0.15, 0.2) is 12.1 Å². The van der Waals surface area contributed by atoms with Crippen LogP contribution in [-0.4, -0.2) is 42.2 Å². The van der Waals surface area contributed by atoms with Gasteiger partial charge in [-0.3, -0.25) is 9.69 Å². The highest BCUT2D eigenvalue weighted by Crippen LogP contribution is 2.19. The first-order valence-electron chi connectivity index (χ1n) is 6.51. The Morgan fingerprint density at radius 2 is 1.81 bits per heavy atom. The Balaban J connectivity index is 2.82. The molecule has 0 spiro atoms. The van der Waals surface area contributed by atoms with Crippen LogP contribution in [0.2, 0.25) is 0 Å². The van der Waals surface area contributed by atoms with Crippen LogP contribution in [-0.2, 0) is 4.79 Å². The zero-order valence-electron chi connectivity index (χ0n) is 12.2. The fourth-order valence-corrected chi connectivity index (χ4v) is 1.66. The van der Waals surface area contributed by atoms with Crippen molar-refractivity contribution >= 4 is 5.91 Å². The van der Waals surface area contributed by atoms with Gasteiger partial charge in [-0.2, -0.15) is 0 Å². The lowest BCUT2D eigenvalue weighted by molar-refractivity contribution is -0.123. The summed E-state index contributed by atoms with van der Waals surface area (Å²) in [6, 6.07) is 0.656. The van der Waals surface area contributed by atoms with E-state index in [0.717, 1.165) is 12.1 Å². The van der Waals surface area contributed by atoms with Gasteiger partial charge in [0.1, 0.15) is 0 Å². The molecule has 0 aliphatic carbocycles. The van der Waals surface area contributed by atoms with Gasteiger partial charge in [-0.1, -0.05) is 0 Å². The molecule has 7 heteroatoms. The van der Waals surface area contributed by atoms with Gasteiger partial charge in [-0.15, -0.1) is 0 Å². The molecule has 0 aromatic heterocycles. The molecule has 0 aliphatic rings. The van der Waals surface area contributed by atoms with E-state index in [1.54, 1.807) is 11.9 Å². The van der Waals surface area contributed by atoms with Crippen molar-refractivity contribution in [1.29, 1.82) is 0 Å². The molecule has 0 saturated heterocycles. The summed E-state index contributed by atoms with van der Waals surface area (Å²) < 4.78 is 39.2. The largest absolute Gasteiger partial charge is 0.394 e. The van der Waals surface area contributed by atoms with Gasteiger partial charge >= 0.3 is 0 Å². The molecule has 1 aromatic carbocycles. The molecule has 0 aliphatic heterocycles. The summed E-state index contributed by atoms with van der Waals surface area (Å²) >= 11 is 0. The molecular formula is C14H19F3N2O2. The highest BCUT2D eigenvalue weighted by Gasteiger charge is 2.19. The number of halogens is 3. The van der Waals surface area contributed by atoms with Crippen molar-refractivity contribution < 1.29 is 23.1 Å². The molecule has 1 rings (SSSR count). The lowest BCUT2D eigenvalue weighted by atomic mass is 10.1. The van der Waals surface area contributed by atoms with E-state index in [9.17, 15) is 23.1 Å². The molecule has 1 unspecified atom stereocenters. The number of nitrogens with one attached hydrogen (secondary N) is 1. The molecule has 1 amide bonds. The Morgan fingerprint density at radius 3 is 2.24 bits per heavy atom. The van der Waals surface area contributed by atoms with Crippen LogP contribution in [0.4, 0.5) is 13.2 Å². The van der Waals surface area contributed by atoms with Gasteiger partial charge in [0.2, 0.25) is 5.91 Å². The third kappa shape index (κ3) is 4.71. The molecule has 0 fully saturated rings. The van der Waals surface area contributed by atoms with Crippen LogP contribution in [0.25, 0.3) is 0 Å². The maximum Gasteiger partial charge on any atom is 0.234 e. The minimum Gasteiger partial charge on any atom is -0.394 e. The van der Waals surface area contributed by atoms with Crippen molar-refractivity contribution in [1.82, 2.24) is 10.2 Å². The average Bonchev–Trinajstić information content (AvgIpc) is 2.41. The summed E-state index contributed by atoms with van der Waals surface area (Å²) in [5.74, 6) is -4.72. The minimum absolute atomic E-state index is 0.0329. The van der Waals surface area contributed by atoms with Crippen LogP contribution in [0.3, 0.4) is 0 Å². The van der Waals surface area contributed by atoms with E-state index in [0.29, 0.717) is 0 Å². The van der Waals surface area contributed by atoms with Gasteiger partial charge in [0.15, 0.2) is 17.5 Å². The predicted molar refractivity (Wildman–Crippen MR) is 72.1 cm³/mol. The molecule has 118 valence electrons. The molecule has 0 radical (unpaired) electrons. The molecule has 1 atom stereocenters. The Kier molecular flexibility index (Phi) is 6.17. The van der Waals surface area contributed by atoms with Crippen LogP contribution < -0.4 is 5.32 Å². The Morgan fingerprint density at radius 1 is 1.29 bits per heavy atom. The molecule has 0 saturated carbocycles. The number of aliphatic hydroxyl groups is 1. The molecule has 21 heavy (non-hydrogen) atoms. The third-order valence-corrected chi connectivity index (χ3v) is 3.20. The zero-order valence-corrected chi connectivity index (χ0v) is 12.2. The Bertz CT molecular complexity index is 486. The van der Waals surface area contributed by atoms with Crippen molar-refractivity contribution in [2.24, 2.45) is 0 Å². The molecular weight excluding hydrogens is 285 g/mol. The SMILES string of the molecule is CC(C)N(C)CC(=O)NC(CO)c1cc(F)c(F)c(F)c1. The highest BCUT2D eigenvalue weighted by molar-refractivity contribution is 5.78. The Labute approximate surface area is 121 Å². The number of nitrogens with zero attached hydrogens (tertiary/aromatic N) is 1. The smallest absolute Gasteiger partial charge is 0.234 e. The fourth-order valence-electron chi connectivity index (χ4n) is 1.66. The lowest BCUT2D eigenvalue weighted by Gasteiger charge is -2.23. The average molecular weight is 304 g/mol. The van der Waals surface area contributed by atoms with Crippen molar-refractivity contribution in [3.63, 3.8) is 0 Å². The van der Waals surface area contributed by atoms with Gasteiger partial charge in [-0.05, 0) is 38.6 Å². The lowest BCUT2D eigenvalue weighted by Crippen LogP contribution is -2.40. The number of benzene rings is 1. The summed E-state index contributed by atoms with van der Waals surface area (Å²) in [5.41, 5.74) is -0.0329. The van der Waals surface area contributed by atoms with Crippen molar-refractivity contribution in [3.8, 4) is 0 Å². The van der Waals surface area contributed by atoms with Gasteiger partial charge in [-0.25, -0.2) is 13.2 Å². The number of carbonyl (C=O) groups excluding carboxylic acids is 1. The number of rotatable bonds is 6. The Hall–Kier alpha value is -1.60. The summed E-state index contributed by atoms with van der Waals surface area (Å²) in [6.07, 6.45) is 0. The van der Waals surface area contributed by atoms with E-state index in [4.69, 9.17) is 0 Å². The van der Waals surface area contributed by atoms with Gasteiger partial charge < -0.3 is 10.4 Å². The first kappa shape index (κ1) is 17.5. The summed E-state index contributed by atoms with van der Waals surface area (Å²) in [4.78, 5) is 13.6. The third-order valence-electron chi connectivity index (χ3n) is 3.20. The molecule has 0 heterocycles. The second-order valence-corrected chi connectivity index (χ2v) is 5.11. The maximum atomic E-state index is 13.2. The number of carbonyl (C=O) groups is 1. The molecule has 2 N–H and O–H groups in total. The number of amides is 1. The van der Waals surface area contributed by atoms with Gasteiger partial charge in [0.05, 0.1) is 19.2 Å². The molecule has 0 bridgehead atoms. The second kappa shape index (κ2) is 7.42. The van der Waals surface area contributed by atoms with E-state index in [1.807, 2.05) is 13.8 Å². The van der Waals surface area contributed by atoms with Crippen LogP contribution in [0.1, 0.15) is 25.5 Å². The maximum absolute atomic E-state index is 13.2. The number of hydrogen-bond acceptors (Lipinski definition) is 3. The highest BCUT2D eigenvalue weighted by atomic mass is 19.2. The van der Waals surface area contributed by atoms with Crippen LogP contribution >= 0.6 is 0 Å². The van der Waals surface area contributed by atoms with Crippen molar-refractivity contribution in [2.75, 3.05) is 20.2 Å². The second-order valence-electron chi connectivity index (χ2n) is 5.11. The summed E-state index contributed by atoms with van der Waals surface area (Å²) in [5, 5.41) is 11.7. The van der Waals surface area contributed by atoms with E-state index >= 15 is 0 Å². The van der Waals surface area contributed by atoms with E-state index < -0.39 is 36.0 Å². The normalized spacial score (nSPS) is 12.8. The van der Waals surface area contributed by atoms with E-state index in [1.165, 1.54) is 0 Å². The number of likely N-dealkylation sites (N-methyl/N-ethyl adjacent to an activating group) is 1. The predicted octanol–water partition coefficient (Wildman–Crippen LogP) is 1.59. The van der Waals surface area contributed by atoms with E-state index in [-0.39, 0.29) is 18.2 Å². The molecule has 1 aromatic rings. The van der Waals surface area contributed by atoms with Crippen LogP contribution in [0, 0.1) is 17.5 Å². The summed E-state index contributed by atoms with van der Waals surface area (Å²) in [6.45, 7) is 3.32. The summed E-state index contributed by atoms with van der Waals surface area (Å²) in [7, 11) is 1.75. The first-order chi connectivity index (χ1) is 9.76. The molecule has 4 nitrogen and oxygen atoms in total. The fraction of sp³-hybridized carbons (Fsp3) is 0.500. The van der Waals surface area contributed by atoms with Crippen LogP contribution in [0.5, 0.6) is 0 Å². The van der Waals surface area contributed by atoms with Gasteiger partial charge in [0, 0.05) is 6.04 Å². The quantitative estimate of drug-likeness (QED) is 0.785. The van der Waals surface area contributed by atoms with Crippen molar-refractivity contribution in [2.45, 2.75) is 25.9 Å². The monoisotopic (exact) mass is 304 g/mol. The van der Waals surface area contributed by atoms with Gasteiger partial charge in [0.25, 0.3) is 0 Å². The topological polar surface area (TPSA) is 52.6 Å². The first-order valence-corrected chi connectivity index (χ1v) is 6.51. The number of hydrogen-bond donors (Lipinski definition) is 2. The number of aliphatic hydroxyl groups excluding tert-OH is 1. The zero-order chi connectivity index (χ0) is 16.2. The minimum atomic E-state index is -1.58. The van der Waals surface area contributed by atoms with E-state index in [2.05, 4.69) is 5.32 Å². The standard InChI is InChI=1S/C14H19F3N2O2/c1-8(2)19(3)6-13(21)18-12(7-20)9-4-10(15)14(17)11(16)5-9/h4-5,8,12,20H,6-7H2,1-3H3,(H,18,21). The van der Waals surface area contributed by atoms with Crippen molar-refractivity contribution in [3.05, 3.63) is 35.1 Å².